The largest absolute Gasteiger partial charge is 0.417 e. The van der Waals surface area contributed by atoms with Crippen LogP contribution in [0.25, 0.3) is 22.0 Å². The molecule has 32 heavy (non-hydrogen) atoms. The summed E-state index contributed by atoms with van der Waals surface area (Å²) < 4.78 is 70.1. The van der Waals surface area contributed by atoms with Gasteiger partial charge in [-0.3, -0.25) is 9.78 Å². The average Bonchev–Trinajstić information content (AvgIpc) is 2.67. The van der Waals surface area contributed by atoms with Crippen molar-refractivity contribution >= 4 is 22.7 Å². The Kier molecular flexibility index (Phi) is 6.77. The van der Waals surface area contributed by atoms with Crippen molar-refractivity contribution in [3.05, 3.63) is 62.3 Å². The standard InChI is InChI=1S/C20H18F5N3O3S/c1-28(2)10(7-29)8-32-17-15(11-4-3-9(21)5-14(11)22)13(20(23,24)25)6-12-16(17)26-19(31)27-18(12)30/h3-6,10,29H,7-8H2,1-2H3,(H2,26,27,30,31)/t10-/m1/s1. The predicted molar refractivity (Wildman–Crippen MR) is 111 cm³/mol. The maximum Gasteiger partial charge on any atom is 0.417 e. The van der Waals surface area contributed by atoms with E-state index in [4.69, 9.17) is 0 Å². The van der Waals surface area contributed by atoms with Crippen LogP contribution in [0.15, 0.2) is 38.8 Å². The Morgan fingerprint density at radius 2 is 1.81 bits per heavy atom. The van der Waals surface area contributed by atoms with E-state index in [0.29, 0.717) is 12.1 Å². The van der Waals surface area contributed by atoms with Crippen LogP contribution < -0.4 is 11.2 Å². The summed E-state index contributed by atoms with van der Waals surface area (Å²) in [6.07, 6.45) is -5.00. The van der Waals surface area contributed by atoms with Crippen molar-refractivity contribution in [3.8, 4) is 11.1 Å². The number of hydrogen-bond donors (Lipinski definition) is 3. The molecule has 0 unspecified atom stereocenters. The highest BCUT2D eigenvalue weighted by Crippen LogP contribution is 2.45. The van der Waals surface area contributed by atoms with Gasteiger partial charge in [0, 0.05) is 33.9 Å². The van der Waals surface area contributed by atoms with E-state index >= 15 is 0 Å². The summed E-state index contributed by atoms with van der Waals surface area (Å²) in [4.78, 5) is 29.8. The lowest BCUT2D eigenvalue weighted by molar-refractivity contribution is -0.137. The molecule has 0 spiro atoms. The molecule has 0 bridgehead atoms. The number of aliphatic hydroxyl groups is 1. The van der Waals surface area contributed by atoms with Crippen LogP contribution in [0.1, 0.15) is 5.56 Å². The summed E-state index contributed by atoms with van der Waals surface area (Å²) in [6.45, 7) is -0.325. The van der Waals surface area contributed by atoms with Gasteiger partial charge < -0.3 is 15.0 Å². The van der Waals surface area contributed by atoms with Crippen molar-refractivity contribution in [2.24, 2.45) is 0 Å². The lowest BCUT2D eigenvalue weighted by Crippen LogP contribution is -2.33. The van der Waals surface area contributed by atoms with E-state index in [1.54, 1.807) is 19.0 Å². The second-order valence-corrected chi connectivity index (χ2v) is 8.22. The molecule has 172 valence electrons. The third kappa shape index (κ3) is 4.71. The number of benzene rings is 2. The molecule has 0 fully saturated rings. The highest BCUT2D eigenvalue weighted by molar-refractivity contribution is 7.99. The van der Waals surface area contributed by atoms with Gasteiger partial charge in [-0.05, 0) is 32.3 Å². The minimum atomic E-state index is -5.00. The van der Waals surface area contributed by atoms with E-state index in [2.05, 4.69) is 4.98 Å². The first kappa shape index (κ1) is 24.0. The molecule has 0 aliphatic carbocycles. The number of aromatic amines is 2. The van der Waals surface area contributed by atoms with Gasteiger partial charge in [0.2, 0.25) is 0 Å². The second-order valence-electron chi connectivity index (χ2n) is 7.19. The molecular weight excluding hydrogens is 457 g/mol. The Hall–Kier alpha value is -2.70. The molecule has 0 aliphatic rings. The van der Waals surface area contributed by atoms with Crippen molar-refractivity contribution in [1.29, 1.82) is 0 Å². The van der Waals surface area contributed by atoms with Crippen molar-refractivity contribution in [2.45, 2.75) is 17.1 Å². The van der Waals surface area contributed by atoms with Crippen LogP contribution in [0.5, 0.6) is 0 Å². The molecule has 1 atom stereocenters. The Morgan fingerprint density at radius 1 is 1.12 bits per heavy atom. The third-order valence-corrected chi connectivity index (χ3v) is 6.11. The summed E-state index contributed by atoms with van der Waals surface area (Å²) in [5.41, 5.74) is -4.72. The molecular formula is C20H18F5N3O3S. The summed E-state index contributed by atoms with van der Waals surface area (Å²) in [5.74, 6) is -2.17. The lowest BCUT2D eigenvalue weighted by Gasteiger charge is -2.24. The first-order chi connectivity index (χ1) is 14.9. The van der Waals surface area contributed by atoms with Gasteiger partial charge in [0.05, 0.1) is 23.1 Å². The van der Waals surface area contributed by atoms with Crippen molar-refractivity contribution in [1.82, 2.24) is 14.9 Å². The number of thioether (sulfide) groups is 1. The molecule has 0 saturated heterocycles. The van der Waals surface area contributed by atoms with Crippen LogP contribution in [0.3, 0.4) is 0 Å². The molecule has 0 saturated carbocycles. The number of aliphatic hydroxyl groups excluding tert-OH is 1. The molecule has 1 heterocycles. The van der Waals surface area contributed by atoms with Crippen LogP contribution in [-0.2, 0) is 6.18 Å². The first-order valence-corrected chi connectivity index (χ1v) is 10.2. The van der Waals surface area contributed by atoms with E-state index in [-0.39, 0.29) is 22.8 Å². The van der Waals surface area contributed by atoms with E-state index < -0.39 is 57.2 Å². The topological polar surface area (TPSA) is 89.2 Å². The van der Waals surface area contributed by atoms with Gasteiger partial charge in [-0.15, -0.1) is 11.8 Å². The van der Waals surface area contributed by atoms with E-state index in [0.717, 1.165) is 23.9 Å². The monoisotopic (exact) mass is 475 g/mol. The number of H-pyrrole nitrogens is 2. The minimum Gasteiger partial charge on any atom is -0.395 e. The number of hydrogen-bond acceptors (Lipinski definition) is 5. The van der Waals surface area contributed by atoms with Gasteiger partial charge in [0.25, 0.3) is 5.56 Å². The third-order valence-electron chi connectivity index (χ3n) is 4.86. The maximum absolute atomic E-state index is 14.6. The number of aromatic nitrogens is 2. The molecule has 3 N–H and O–H groups in total. The number of likely N-dealkylation sites (N-methyl/N-ethyl adjacent to an activating group) is 1. The smallest absolute Gasteiger partial charge is 0.395 e. The number of rotatable bonds is 6. The second kappa shape index (κ2) is 9.04. The van der Waals surface area contributed by atoms with E-state index in [9.17, 15) is 36.6 Å². The van der Waals surface area contributed by atoms with E-state index in [1.165, 1.54) is 0 Å². The molecule has 1 aromatic heterocycles. The molecule has 0 amide bonds. The lowest BCUT2D eigenvalue weighted by atomic mass is 9.96. The minimum absolute atomic E-state index is 0.0462. The fourth-order valence-electron chi connectivity index (χ4n) is 3.15. The fraction of sp³-hybridized carbons (Fsp3) is 0.300. The van der Waals surface area contributed by atoms with Crippen LogP contribution in [0.2, 0.25) is 0 Å². The fourth-order valence-corrected chi connectivity index (χ4v) is 4.58. The van der Waals surface area contributed by atoms with Gasteiger partial charge in [-0.1, -0.05) is 0 Å². The maximum atomic E-state index is 14.6. The molecule has 3 rings (SSSR count). The highest BCUT2D eigenvalue weighted by atomic mass is 32.2. The van der Waals surface area contributed by atoms with Crippen LogP contribution in [0.4, 0.5) is 22.0 Å². The van der Waals surface area contributed by atoms with Gasteiger partial charge in [-0.2, -0.15) is 13.2 Å². The molecule has 0 radical (unpaired) electrons. The Balaban J connectivity index is 2.44. The molecule has 3 aromatic rings. The Bertz CT molecular complexity index is 1270. The molecule has 6 nitrogen and oxygen atoms in total. The molecule has 2 aromatic carbocycles. The number of nitrogens with zero attached hydrogens (tertiary/aromatic N) is 1. The van der Waals surface area contributed by atoms with Crippen molar-refractivity contribution < 1.29 is 27.1 Å². The quantitative estimate of drug-likeness (QED) is 0.377. The van der Waals surface area contributed by atoms with Gasteiger partial charge in [-0.25, -0.2) is 13.6 Å². The van der Waals surface area contributed by atoms with Crippen molar-refractivity contribution in [2.75, 3.05) is 26.5 Å². The van der Waals surface area contributed by atoms with Gasteiger partial charge in [0.1, 0.15) is 11.6 Å². The van der Waals surface area contributed by atoms with Crippen molar-refractivity contribution in [3.63, 3.8) is 0 Å². The summed E-state index contributed by atoms with van der Waals surface area (Å²) >= 11 is 0.808. The van der Waals surface area contributed by atoms with Gasteiger partial charge >= 0.3 is 11.9 Å². The summed E-state index contributed by atoms with van der Waals surface area (Å²) in [7, 11) is 3.30. The zero-order chi connectivity index (χ0) is 23.8. The summed E-state index contributed by atoms with van der Waals surface area (Å²) in [6, 6.07) is 2.16. The number of halogens is 5. The molecule has 12 heteroatoms. The molecule has 0 aliphatic heterocycles. The number of alkyl halides is 3. The van der Waals surface area contributed by atoms with Crippen LogP contribution in [0, 0.1) is 11.6 Å². The average molecular weight is 475 g/mol. The SMILES string of the molecule is CN(C)[C@H](CO)CSc1c(-c2ccc(F)cc2F)c(C(F)(F)F)cc2c(=O)[nH]c(=O)[nH]c12. The van der Waals surface area contributed by atoms with Crippen LogP contribution >= 0.6 is 11.8 Å². The predicted octanol–water partition coefficient (Wildman–Crippen LogP) is 3.20. The Morgan fingerprint density at radius 3 is 2.38 bits per heavy atom. The number of nitrogens with one attached hydrogen (secondary N) is 2. The van der Waals surface area contributed by atoms with E-state index in [1.807, 2.05) is 4.98 Å². The summed E-state index contributed by atoms with van der Waals surface area (Å²) in [5, 5.41) is 9.12. The number of fused-ring (bicyclic) bond motifs is 1. The highest BCUT2D eigenvalue weighted by Gasteiger charge is 2.37. The zero-order valence-electron chi connectivity index (χ0n) is 16.8. The van der Waals surface area contributed by atoms with Gasteiger partial charge in [0.15, 0.2) is 0 Å². The normalized spacial score (nSPS) is 13.2. The van der Waals surface area contributed by atoms with Crippen LogP contribution in [-0.4, -0.2) is 52.5 Å². The zero-order valence-corrected chi connectivity index (χ0v) is 17.6. The Labute approximate surface area is 182 Å². The first-order valence-electron chi connectivity index (χ1n) is 9.20.